The van der Waals surface area contributed by atoms with Crippen LogP contribution in [0.5, 0.6) is 0 Å². The van der Waals surface area contributed by atoms with E-state index in [-0.39, 0.29) is 0 Å². The van der Waals surface area contributed by atoms with Crippen LogP contribution in [0.25, 0.3) is 0 Å². The maximum absolute atomic E-state index is 4.91. The number of hydrogen-bond acceptors (Lipinski definition) is 3. The Hall–Kier alpha value is -1.12. The first-order valence-corrected chi connectivity index (χ1v) is 8.24. The predicted molar refractivity (Wildman–Crippen MR) is 85.1 cm³/mol. The van der Waals surface area contributed by atoms with Crippen LogP contribution in [0.15, 0.2) is 21.4 Å². The molecule has 3 rings (SSSR count). The summed E-state index contributed by atoms with van der Waals surface area (Å²) in [5.74, 6) is 4.33. The van der Waals surface area contributed by atoms with E-state index in [4.69, 9.17) is 9.98 Å². The predicted octanol–water partition coefficient (Wildman–Crippen LogP) is 3.92. The number of rotatable bonds is 2. The zero-order valence-electron chi connectivity index (χ0n) is 13.2. The topological polar surface area (TPSA) is 36.8 Å². The molecular formula is C17H27N3. The molecule has 3 aliphatic rings. The number of nitrogens with one attached hydrogen (secondary N) is 1. The van der Waals surface area contributed by atoms with Gasteiger partial charge in [0.05, 0.1) is 6.04 Å². The van der Waals surface area contributed by atoms with Gasteiger partial charge in [0.1, 0.15) is 11.7 Å². The molecular weight excluding hydrogens is 246 g/mol. The molecule has 0 spiro atoms. The van der Waals surface area contributed by atoms with Crippen molar-refractivity contribution in [3.63, 3.8) is 0 Å². The lowest BCUT2D eigenvalue weighted by atomic mass is 9.77. The Morgan fingerprint density at radius 2 is 2.00 bits per heavy atom. The van der Waals surface area contributed by atoms with E-state index < -0.39 is 0 Å². The highest BCUT2D eigenvalue weighted by Gasteiger charge is 2.35. The fraction of sp³-hybridized carbons (Fsp3) is 0.765. The maximum Gasteiger partial charge on any atom is 0.130 e. The molecule has 1 N–H and O–H groups in total. The van der Waals surface area contributed by atoms with Gasteiger partial charge in [-0.3, -0.25) is 4.99 Å². The van der Waals surface area contributed by atoms with Crippen LogP contribution >= 0.6 is 0 Å². The molecule has 3 nitrogen and oxygen atoms in total. The van der Waals surface area contributed by atoms with Crippen molar-refractivity contribution in [2.24, 2.45) is 27.7 Å². The first-order chi connectivity index (χ1) is 9.62. The third kappa shape index (κ3) is 2.32. The zero-order valence-corrected chi connectivity index (χ0v) is 13.2. The molecule has 0 aromatic carbocycles. The summed E-state index contributed by atoms with van der Waals surface area (Å²) in [4.78, 5) is 9.73. The fourth-order valence-electron chi connectivity index (χ4n) is 3.97. The molecule has 0 amide bonds. The quantitative estimate of drug-likeness (QED) is 0.813. The number of aliphatic imine (C=N–C) groups is 2. The van der Waals surface area contributed by atoms with E-state index in [1.807, 2.05) is 0 Å². The standard InChI is InChI=1S/C17H27N3/c1-5-12-7-14-9-15-8-13(6-2)11(4)19-17(15)20-16(14)18-10(12)3/h10,12-14H,5-9H2,1-4H3,(H,18,20)/t10-,12?,13?,14?/m0/s1. The van der Waals surface area contributed by atoms with E-state index >= 15 is 0 Å². The SMILES string of the molecule is CCC1CC2=C(N=C1C)NC1=N[C@@H](C)C(CC)CC1C2. The number of hydrogen-bond donors (Lipinski definition) is 1. The maximum atomic E-state index is 4.91. The van der Waals surface area contributed by atoms with Gasteiger partial charge in [-0.1, -0.05) is 20.3 Å². The van der Waals surface area contributed by atoms with Gasteiger partial charge >= 0.3 is 0 Å². The van der Waals surface area contributed by atoms with Gasteiger partial charge in [-0.05, 0) is 51.0 Å². The highest BCUT2D eigenvalue weighted by Crippen LogP contribution is 2.38. The highest BCUT2D eigenvalue weighted by atomic mass is 15.1. The van der Waals surface area contributed by atoms with Crippen molar-refractivity contribution >= 4 is 11.5 Å². The molecule has 110 valence electrons. The number of nitrogens with zero attached hydrogens (tertiary/aromatic N) is 2. The molecule has 3 unspecified atom stereocenters. The van der Waals surface area contributed by atoms with Crippen molar-refractivity contribution in [1.82, 2.24) is 5.32 Å². The average Bonchev–Trinajstić information content (AvgIpc) is 2.44. The van der Waals surface area contributed by atoms with Crippen molar-refractivity contribution in [3.05, 3.63) is 11.4 Å². The second kappa shape index (κ2) is 5.34. The normalized spacial score (nSPS) is 36.6. The number of amidine groups is 1. The van der Waals surface area contributed by atoms with Crippen molar-refractivity contribution in [3.8, 4) is 0 Å². The van der Waals surface area contributed by atoms with E-state index in [0.717, 1.165) is 11.7 Å². The van der Waals surface area contributed by atoms with Gasteiger partial charge in [0.25, 0.3) is 0 Å². The Morgan fingerprint density at radius 3 is 2.70 bits per heavy atom. The van der Waals surface area contributed by atoms with E-state index in [9.17, 15) is 0 Å². The summed E-state index contributed by atoms with van der Waals surface area (Å²) in [5, 5.41) is 3.55. The molecule has 3 heteroatoms. The number of allylic oxidation sites excluding steroid dienone is 1. The fourth-order valence-corrected chi connectivity index (χ4v) is 3.97. The lowest BCUT2D eigenvalue weighted by Gasteiger charge is -2.38. The minimum Gasteiger partial charge on any atom is -0.329 e. The van der Waals surface area contributed by atoms with E-state index in [1.54, 1.807) is 0 Å². The van der Waals surface area contributed by atoms with Crippen LogP contribution in [0, 0.1) is 17.8 Å². The Labute approximate surface area is 122 Å². The molecule has 0 fully saturated rings. The molecule has 3 aliphatic heterocycles. The second-order valence-corrected chi connectivity index (χ2v) is 6.70. The molecule has 0 aromatic heterocycles. The first-order valence-electron chi connectivity index (χ1n) is 8.24. The van der Waals surface area contributed by atoms with Gasteiger partial charge in [0.2, 0.25) is 0 Å². The van der Waals surface area contributed by atoms with Crippen molar-refractivity contribution in [2.75, 3.05) is 0 Å². The van der Waals surface area contributed by atoms with Gasteiger partial charge in [0, 0.05) is 17.5 Å². The van der Waals surface area contributed by atoms with Crippen molar-refractivity contribution < 1.29 is 0 Å². The molecule has 3 heterocycles. The van der Waals surface area contributed by atoms with Crippen LogP contribution in [0.1, 0.15) is 59.8 Å². The van der Waals surface area contributed by atoms with E-state index in [2.05, 4.69) is 33.0 Å². The summed E-state index contributed by atoms with van der Waals surface area (Å²) in [7, 11) is 0. The summed E-state index contributed by atoms with van der Waals surface area (Å²) in [6.07, 6.45) is 6.11. The molecule has 0 saturated carbocycles. The van der Waals surface area contributed by atoms with Gasteiger partial charge < -0.3 is 5.32 Å². The van der Waals surface area contributed by atoms with Gasteiger partial charge in [-0.15, -0.1) is 0 Å². The second-order valence-electron chi connectivity index (χ2n) is 6.70. The Morgan fingerprint density at radius 1 is 1.20 bits per heavy atom. The summed E-state index contributed by atoms with van der Waals surface area (Å²) < 4.78 is 0. The summed E-state index contributed by atoms with van der Waals surface area (Å²) in [6.45, 7) is 8.99. The lowest BCUT2D eigenvalue weighted by Crippen LogP contribution is -2.43. The summed E-state index contributed by atoms with van der Waals surface area (Å²) in [6, 6.07) is 0.456. The minimum atomic E-state index is 0.456. The lowest BCUT2D eigenvalue weighted by molar-refractivity contribution is 0.330. The monoisotopic (exact) mass is 273 g/mol. The molecule has 0 bridgehead atoms. The van der Waals surface area contributed by atoms with Crippen LogP contribution in [0.2, 0.25) is 0 Å². The van der Waals surface area contributed by atoms with Gasteiger partial charge in [-0.2, -0.15) is 0 Å². The zero-order chi connectivity index (χ0) is 14.3. The minimum absolute atomic E-state index is 0.456. The Bertz CT molecular complexity index is 486. The van der Waals surface area contributed by atoms with Crippen LogP contribution < -0.4 is 5.32 Å². The first kappa shape index (κ1) is 13.8. The van der Waals surface area contributed by atoms with Crippen LogP contribution in [-0.2, 0) is 0 Å². The van der Waals surface area contributed by atoms with Crippen molar-refractivity contribution in [2.45, 2.75) is 65.8 Å². The van der Waals surface area contributed by atoms with E-state index in [1.165, 1.54) is 49.2 Å². The van der Waals surface area contributed by atoms with Crippen molar-refractivity contribution in [1.29, 1.82) is 0 Å². The Balaban J connectivity index is 1.85. The molecule has 20 heavy (non-hydrogen) atoms. The third-order valence-corrected chi connectivity index (χ3v) is 5.46. The molecule has 0 aliphatic carbocycles. The number of fused-ring (bicyclic) bond motifs is 1. The smallest absolute Gasteiger partial charge is 0.130 e. The highest BCUT2D eigenvalue weighted by molar-refractivity contribution is 5.91. The van der Waals surface area contributed by atoms with Crippen LogP contribution in [0.4, 0.5) is 0 Å². The molecule has 0 saturated heterocycles. The Kier molecular flexibility index (Phi) is 3.70. The summed E-state index contributed by atoms with van der Waals surface area (Å²) in [5.41, 5.74) is 2.82. The van der Waals surface area contributed by atoms with Crippen LogP contribution in [-0.4, -0.2) is 17.6 Å². The average molecular weight is 273 g/mol. The largest absolute Gasteiger partial charge is 0.329 e. The van der Waals surface area contributed by atoms with Gasteiger partial charge in [0.15, 0.2) is 0 Å². The van der Waals surface area contributed by atoms with Gasteiger partial charge in [-0.25, -0.2) is 4.99 Å². The summed E-state index contributed by atoms with van der Waals surface area (Å²) >= 11 is 0. The molecule has 0 radical (unpaired) electrons. The molecule has 4 atom stereocenters. The van der Waals surface area contributed by atoms with Crippen LogP contribution in [0.3, 0.4) is 0 Å². The van der Waals surface area contributed by atoms with E-state index in [0.29, 0.717) is 17.9 Å². The third-order valence-electron chi connectivity index (χ3n) is 5.46. The molecule has 0 aromatic rings.